The lowest BCUT2D eigenvalue weighted by Crippen LogP contribution is -2.72. The molecule has 0 amide bonds. The third-order valence-electron chi connectivity index (χ3n) is 6.25. The topological polar surface area (TPSA) is 68.2 Å². The molecule has 2 atom stereocenters. The Kier molecular flexibility index (Phi) is 5.44. The van der Waals surface area contributed by atoms with Crippen LogP contribution < -0.4 is 10.4 Å². The molecular formula is C23H30O5Si. The minimum absolute atomic E-state index is 0.0607. The number of aliphatic hydroxyl groups is 2. The Bertz CT molecular complexity index is 773. The normalized spacial score (nSPS) is 29.8. The molecule has 0 radical (unpaired) electrons. The maximum atomic E-state index is 10.7. The summed E-state index contributed by atoms with van der Waals surface area (Å²) in [4.78, 5) is 0. The molecule has 5 rings (SSSR count). The maximum Gasteiger partial charge on any atom is 0.261 e. The Labute approximate surface area is 173 Å². The highest BCUT2D eigenvalue weighted by Crippen LogP contribution is 2.41. The van der Waals surface area contributed by atoms with Crippen molar-refractivity contribution in [1.82, 2.24) is 0 Å². The summed E-state index contributed by atoms with van der Waals surface area (Å²) in [5.74, 6) is -1.53. The number of hydrogen-bond donors (Lipinski definition) is 2. The molecule has 5 nitrogen and oxygen atoms in total. The van der Waals surface area contributed by atoms with Gasteiger partial charge in [0.15, 0.2) is 0 Å². The average Bonchev–Trinajstić information content (AvgIpc) is 2.73. The van der Waals surface area contributed by atoms with Gasteiger partial charge < -0.3 is 24.1 Å². The zero-order chi connectivity index (χ0) is 20.7. The van der Waals surface area contributed by atoms with Crippen LogP contribution in [0.1, 0.15) is 20.8 Å². The zero-order valence-corrected chi connectivity index (χ0v) is 18.2. The zero-order valence-electron chi connectivity index (χ0n) is 17.2. The quantitative estimate of drug-likeness (QED) is 0.729. The molecule has 6 heteroatoms. The maximum absolute atomic E-state index is 10.7. The smallest absolute Gasteiger partial charge is 0.261 e. The van der Waals surface area contributed by atoms with E-state index in [-0.39, 0.29) is 17.6 Å². The Morgan fingerprint density at radius 2 is 1.41 bits per heavy atom. The lowest BCUT2D eigenvalue weighted by molar-refractivity contribution is -0.386. The van der Waals surface area contributed by atoms with Crippen LogP contribution in [0.5, 0.6) is 0 Å². The van der Waals surface area contributed by atoms with Gasteiger partial charge >= 0.3 is 0 Å². The summed E-state index contributed by atoms with van der Waals surface area (Å²) in [6.07, 6.45) is -1.99. The van der Waals surface area contributed by atoms with Crippen molar-refractivity contribution in [3.63, 3.8) is 0 Å². The van der Waals surface area contributed by atoms with Gasteiger partial charge in [0.25, 0.3) is 8.32 Å². The second kappa shape index (κ2) is 7.61. The lowest BCUT2D eigenvalue weighted by Gasteiger charge is -2.53. The molecule has 2 bridgehead atoms. The van der Waals surface area contributed by atoms with Crippen LogP contribution in [0.3, 0.4) is 0 Å². The largest absolute Gasteiger partial charge is 0.402 e. The molecule has 3 aliphatic heterocycles. The number of hydrogen-bond acceptors (Lipinski definition) is 5. The number of fused-ring (bicyclic) bond motifs is 3. The van der Waals surface area contributed by atoms with Gasteiger partial charge in [-0.25, -0.2) is 0 Å². The predicted octanol–water partition coefficient (Wildman–Crippen LogP) is 1.66. The van der Waals surface area contributed by atoms with Crippen molar-refractivity contribution in [2.24, 2.45) is 5.92 Å². The molecule has 0 aromatic heterocycles. The highest BCUT2D eigenvalue weighted by molar-refractivity contribution is 6.99. The van der Waals surface area contributed by atoms with Crippen LogP contribution >= 0.6 is 0 Å². The first-order chi connectivity index (χ1) is 13.8. The van der Waals surface area contributed by atoms with E-state index in [2.05, 4.69) is 45.0 Å². The van der Waals surface area contributed by atoms with Crippen LogP contribution in [0.25, 0.3) is 0 Å². The van der Waals surface area contributed by atoms with E-state index in [0.29, 0.717) is 13.2 Å². The van der Waals surface area contributed by atoms with Gasteiger partial charge in [-0.2, -0.15) is 0 Å². The van der Waals surface area contributed by atoms with Crippen LogP contribution in [-0.2, 0) is 13.9 Å². The summed E-state index contributed by atoms with van der Waals surface area (Å²) < 4.78 is 18.6. The highest BCUT2D eigenvalue weighted by Gasteiger charge is 2.58. The summed E-state index contributed by atoms with van der Waals surface area (Å²) in [5.41, 5.74) is 0. The van der Waals surface area contributed by atoms with E-state index < -0.39 is 26.3 Å². The minimum Gasteiger partial charge on any atom is -0.402 e. The van der Waals surface area contributed by atoms with Crippen molar-refractivity contribution in [2.75, 3.05) is 19.8 Å². The molecule has 3 fully saturated rings. The van der Waals surface area contributed by atoms with Gasteiger partial charge in [-0.1, -0.05) is 81.4 Å². The molecule has 0 aliphatic carbocycles. The highest BCUT2D eigenvalue weighted by atomic mass is 28.4. The Balaban J connectivity index is 1.77. The van der Waals surface area contributed by atoms with E-state index in [4.69, 9.17) is 13.9 Å². The summed E-state index contributed by atoms with van der Waals surface area (Å²) in [6, 6.07) is 20.6. The Morgan fingerprint density at radius 3 is 1.86 bits per heavy atom. The van der Waals surface area contributed by atoms with E-state index in [9.17, 15) is 10.2 Å². The average molecular weight is 415 g/mol. The Hall–Kier alpha value is -1.54. The number of rotatable bonds is 5. The molecule has 29 heavy (non-hydrogen) atoms. The van der Waals surface area contributed by atoms with Crippen molar-refractivity contribution in [3.05, 3.63) is 60.7 Å². The fourth-order valence-corrected chi connectivity index (χ4v) is 9.18. The van der Waals surface area contributed by atoms with Crippen LogP contribution in [-0.4, -0.2) is 56.3 Å². The molecule has 2 N–H and O–H groups in total. The first-order valence-electron chi connectivity index (χ1n) is 10.2. The predicted molar refractivity (Wildman–Crippen MR) is 114 cm³/mol. The van der Waals surface area contributed by atoms with E-state index in [0.717, 1.165) is 10.4 Å². The third kappa shape index (κ3) is 3.38. The van der Waals surface area contributed by atoms with Crippen molar-refractivity contribution in [3.8, 4) is 0 Å². The third-order valence-corrected chi connectivity index (χ3v) is 11.2. The molecule has 3 saturated heterocycles. The van der Waals surface area contributed by atoms with Crippen LogP contribution in [0.15, 0.2) is 60.7 Å². The molecule has 0 unspecified atom stereocenters. The van der Waals surface area contributed by atoms with Crippen molar-refractivity contribution >= 4 is 18.7 Å². The summed E-state index contributed by atoms with van der Waals surface area (Å²) >= 11 is 0. The molecule has 2 aromatic carbocycles. The SMILES string of the molecule is CC(C)(C)[Si](OCC12OCC(CO1)[C@@H](O)[C@@H]2O)(c1ccccc1)c1ccccc1. The van der Waals surface area contributed by atoms with Crippen molar-refractivity contribution in [1.29, 1.82) is 0 Å². The molecule has 0 spiro atoms. The standard InChI is InChI=1S/C23H30O5Si/c1-22(2,3)29(18-10-6-4-7-11-18,19-12-8-5-9-13-19)28-16-23-21(25)20(24)17(14-26-23)15-27-23/h4-13,17,20-21,24-25H,14-16H2,1-3H3/t17?,20-,21+,23?/m1/s1. The fourth-order valence-electron chi connectivity index (χ4n) is 4.61. The lowest BCUT2D eigenvalue weighted by atomic mass is 9.88. The number of benzene rings is 2. The van der Waals surface area contributed by atoms with E-state index in [1.807, 2.05) is 36.4 Å². The molecule has 3 aliphatic rings. The molecule has 3 heterocycles. The van der Waals surface area contributed by atoms with E-state index >= 15 is 0 Å². The first-order valence-corrected chi connectivity index (χ1v) is 12.1. The van der Waals surface area contributed by atoms with Gasteiger partial charge in [0.05, 0.1) is 25.9 Å². The molecule has 156 valence electrons. The summed E-state index contributed by atoms with van der Waals surface area (Å²) in [6.45, 7) is 7.38. The number of ether oxygens (including phenoxy) is 2. The van der Waals surface area contributed by atoms with E-state index in [1.165, 1.54) is 0 Å². The minimum atomic E-state index is -2.78. The van der Waals surface area contributed by atoms with Gasteiger partial charge in [0.2, 0.25) is 5.79 Å². The molecule has 0 saturated carbocycles. The van der Waals surface area contributed by atoms with Gasteiger partial charge in [0.1, 0.15) is 6.10 Å². The summed E-state index contributed by atoms with van der Waals surface area (Å²) in [5, 5.41) is 23.2. The second-order valence-corrected chi connectivity index (χ2v) is 13.4. The monoisotopic (exact) mass is 414 g/mol. The van der Waals surface area contributed by atoms with Crippen LogP contribution in [0.4, 0.5) is 0 Å². The molecular weight excluding hydrogens is 384 g/mol. The van der Waals surface area contributed by atoms with Crippen LogP contribution in [0.2, 0.25) is 5.04 Å². The number of aliphatic hydroxyl groups excluding tert-OH is 2. The van der Waals surface area contributed by atoms with Gasteiger partial charge in [-0.15, -0.1) is 0 Å². The van der Waals surface area contributed by atoms with Crippen molar-refractivity contribution < 1.29 is 24.1 Å². The van der Waals surface area contributed by atoms with Gasteiger partial charge in [-0.05, 0) is 15.4 Å². The van der Waals surface area contributed by atoms with Crippen molar-refractivity contribution in [2.45, 2.75) is 43.8 Å². The van der Waals surface area contributed by atoms with Crippen LogP contribution in [0, 0.1) is 5.92 Å². The van der Waals surface area contributed by atoms with Gasteiger partial charge in [-0.3, -0.25) is 0 Å². The summed E-state index contributed by atoms with van der Waals surface area (Å²) in [7, 11) is -2.78. The van der Waals surface area contributed by atoms with E-state index in [1.54, 1.807) is 0 Å². The first kappa shape index (κ1) is 20.7. The fraction of sp³-hybridized carbons (Fsp3) is 0.478. The van der Waals surface area contributed by atoms with Gasteiger partial charge in [0, 0.05) is 5.92 Å². The molecule has 2 aromatic rings. The second-order valence-electron chi connectivity index (χ2n) is 9.08. The Morgan fingerprint density at radius 1 is 0.931 bits per heavy atom.